The lowest BCUT2D eigenvalue weighted by molar-refractivity contribution is 1.08. The van der Waals surface area contributed by atoms with Crippen LogP contribution in [0.5, 0.6) is 0 Å². The second-order valence-electron chi connectivity index (χ2n) is 4.44. The van der Waals surface area contributed by atoms with Crippen LogP contribution in [0.1, 0.15) is 0 Å². The van der Waals surface area contributed by atoms with Gasteiger partial charge in [0.05, 0.1) is 11.1 Å². The summed E-state index contributed by atoms with van der Waals surface area (Å²) >= 11 is 0. The molecule has 6 heteroatoms. The van der Waals surface area contributed by atoms with Crippen molar-refractivity contribution in [3.63, 3.8) is 0 Å². The number of nitrogens with zero attached hydrogens (tertiary/aromatic N) is 3. The van der Waals surface area contributed by atoms with E-state index in [1.54, 1.807) is 12.4 Å². The van der Waals surface area contributed by atoms with E-state index in [4.69, 9.17) is 0 Å². The van der Waals surface area contributed by atoms with Crippen LogP contribution < -0.4 is 10.3 Å². The molecule has 0 saturated carbocycles. The predicted molar refractivity (Wildman–Crippen MR) is 74.3 cm³/mol. The van der Waals surface area contributed by atoms with Crippen LogP contribution in [0.15, 0.2) is 35.4 Å². The van der Waals surface area contributed by atoms with E-state index >= 15 is 0 Å². The van der Waals surface area contributed by atoms with Crippen LogP contribution in [-0.2, 0) is 0 Å². The van der Waals surface area contributed by atoms with Crippen molar-refractivity contribution in [3.8, 4) is 11.4 Å². The summed E-state index contributed by atoms with van der Waals surface area (Å²) in [6, 6.07) is 5.28. The second kappa shape index (κ2) is 4.24. The average Bonchev–Trinajstić information content (AvgIpc) is 2.81. The minimum atomic E-state index is -0.0781. The van der Waals surface area contributed by atoms with Crippen LogP contribution in [0.4, 0.5) is 5.82 Å². The number of imidazole rings is 1. The van der Waals surface area contributed by atoms with Crippen molar-refractivity contribution in [2.75, 3.05) is 19.0 Å². The number of H-pyrrole nitrogens is 2. The molecule has 0 saturated heterocycles. The standard InChI is InChI=1S/C13H13N5O/c1-18(2)11-4-3-9-13(16-11)17-12(15-9)8-7-14-6-5-10(8)19/h3-7H,1-2H3,(H,14,19)(H,15,16,17). The summed E-state index contributed by atoms with van der Waals surface area (Å²) in [4.78, 5) is 28.5. The molecule has 0 fully saturated rings. The average molecular weight is 255 g/mol. The van der Waals surface area contributed by atoms with Gasteiger partial charge in [0, 0.05) is 32.6 Å². The number of anilines is 1. The molecule has 0 bridgehead atoms. The molecule has 0 atom stereocenters. The molecule has 3 heterocycles. The van der Waals surface area contributed by atoms with Crippen molar-refractivity contribution in [3.05, 3.63) is 40.8 Å². The fourth-order valence-electron chi connectivity index (χ4n) is 1.86. The Balaban J connectivity index is 2.17. The molecule has 3 aromatic heterocycles. The third kappa shape index (κ3) is 1.97. The zero-order valence-electron chi connectivity index (χ0n) is 10.6. The van der Waals surface area contributed by atoms with Crippen LogP contribution in [0.3, 0.4) is 0 Å². The van der Waals surface area contributed by atoms with E-state index in [1.165, 1.54) is 6.07 Å². The fraction of sp³-hybridized carbons (Fsp3) is 0.154. The van der Waals surface area contributed by atoms with Gasteiger partial charge in [-0.3, -0.25) is 4.79 Å². The fourth-order valence-corrected chi connectivity index (χ4v) is 1.86. The van der Waals surface area contributed by atoms with Gasteiger partial charge < -0.3 is 14.9 Å². The van der Waals surface area contributed by atoms with Crippen LogP contribution in [0, 0.1) is 0 Å². The van der Waals surface area contributed by atoms with E-state index in [2.05, 4.69) is 19.9 Å². The molecule has 0 aromatic carbocycles. The first-order valence-corrected chi connectivity index (χ1v) is 5.87. The van der Waals surface area contributed by atoms with Gasteiger partial charge in [0.2, 0.25) is 0 Å². The first kappa shape index (κ1) is 11.5. The van der Waals surface area contributed by atoms with Gasteiger partial charge in [0.15, 0.2) is 11.1 Å². The molecule has 0 aliphatic rings. The van der Waals surface area contributed by atoms with Gasteiger partial charge in [-0.25, -0.2) is 9.97 Å². The van der Waals surface area contributed by atoms with Crippen molar-refractivity contribution < 1.29 is 0 Å². The minimum Gasteiger partial charge on any atom is -0.367 e. The maximum Gasteiger partial charge on any atom is 0.192 e. The molecule has 0 aliphatic carbocycles. The molecule has 6 nitrogen and oxygen atoms in total. The van der Waals surface area contributed by atoms with Gasteiger partial charge in [0.25, 0.3) is 0 Å². The van der Waals surface area contributed by atoms with Crippen LogP contribution in [0.2, 0.25) is 0 Å². The second-order valence-corrected chi connectivity index (χ2v) is 4.44. The minimum absolute atomic E-state index is 0.0781. The maximum atomic E-state index is 11.8. The molecule has 0 radical (unpaired) electrons. The summed E-state index contributed by atoms with van der Waals surface area (Å²) in [6.45, 7) is 0. The van der Waals surface area contributed by atoms with Gasteiger partial charge in [-0.2, -0.15) is 0 Å². The largest absolute Gasteiger partial charge is 0.367 e. The van der Waals surface area contributed by atoms with Gasteiger partial charge in [0.1, 0.15) is 11.6 Å². The molecular weight excluding hydrogens is 242 g/mol. The third-order valence-electron chi connectivity index (χ3n) is 2.87. The molecule has 19 heavy (non-hydrogen) atoms. The third-order valence-corrected chi connectivity index (χ3v) is 2.87. The molecule has 0 aliphatic heterocycles. The van der Waals surface area contributed by atoms with Gasteiger partial charge in [-0.05, 0) is 12.1 Å². The highest BCUT2D eigenvalue weighted by Crippen LogP contribution is 2.18. The molecule has 3 rings (SSSR count). The van der Waals surface area contributed by atoms with Crippen LogP contribution in [0.25, 0.3) is 22.6 Å². The van der Waals surface area contributed by atoms with E-state index in [9.17, 15) is 4.79 Å². The zero-order chi connectivity index (χ0) is 13.4. The lowest BCUT2D eigenvalue weighted by Gasteiger charge is -2.09. The SMILES string of the molecule is CN(C)c1ccc2[nH]c(-c3c[nH]ccc3=O)nc2n1. The monoisotopic (exact) mass is 255 g/mol. The van der Waals surface area contributed by atoms with Crippen LogP contribution >= 0.6 is 0 Å². The summed E-state index contributed by atoms with van der Waals surface area (Å²) in [5.74, 6) is 1.35. The number of hydrogen-bond donors (Lipinski definition) is 2. The van der Waals surface area contributed by atoms with E-state index in [0.29, 0.717) is 17.0 Å². The van der Waals surface area contributed by atoms with Gasteiger partial charge in [-0.1, -0.05) is 0 Å². The predicted octanol–water partition coefficient (Wildman–Crippen LogP) is 1.38. The molecule has 2 N–H and O–H groups in total. The van der Waals surface area contributed by atoms with Crippen molar-refractivity contribution in [2.24, 2.45) is 0 Å². The molecular formula is C13H13N5O. The first-order chi connectivity index (χ1) is 9.15. The highest BCUT2D eigenvalue weighted by molar-refractivity contribution is 5.77. The Morgan fingerprint density at radius 1 is 1.16 bits per heavy atom. The normalized spacial score (nSPS) is 10.8. The van der Waals surface area contributed by atoms with E-state index in [1.807, 2.05) is 31.1 Å². The summed E-state index contributed by atoms with van der Waals surface area (Å²) in [6.07, 6.45) is 3.23. The molecule has 96 valence electrons. The zero-order valence-corrected chi connectivity index (χ0v) is 10.6. The number of aromatic nitrogens is 4. The topological polar surface area (TPSA) is 77.7 Å². The Kier molecular flexibility index (Phi) is 2.56. The summed E-state index contributed by atoms with van der Waals surface area (Å²) in [5, 5.41) is 0. The van der Waals surface area contributed by atoms with Crippen molar-refractivity contribution in [1.82, 2.24) is 19.9 Å². The Morgan fingerprint density at radius 2 is 2.00 bits per heavy atom. The Morgan fingerprint density at radius 3 is 2.74 bits per heavy atom. The maximum absolute atomic E-state index is 11.8. The Hall–Kier alpha value is -2.63. The van der Waals surface area contributed by atoms with Gasteiger partial charge in [-0.15, -0.1) is 0 Å². The summed E-state index contributed by atoms with van der Waals surface area (Å²) < 4.78 is 0. The van der Waals surface area contributed by atoms with E-state index in [-0.39, 0.29) is 5.43 Å². The lowest BCUT2D eigenvalue weighted by atomic mass is 10.2. The number of aromatic amines is 2. The number of fused-ring (bicyclic) bond motifs is 1. The first-order valence-electron chi connectivity index (χ1n) is 5.87. The van der Waals surface area contributed by atoms with E-state index < -0.39 is 0 Å². The quantitative estimate of drug-likeness (QED) is 0.725. The lowest BCUT2D eigenvalue weighted by Crippen LogP contribution is -2.10. The number of nitrogens with one attached hydrogen (secondary N) is 2. The molecule has 3 aromatic rings. The van der Waals surface area contributed by atoms with Crippen molar-refractivity contribution >= 4 is 17.0 Å². The number of pyridine rings is 2. The van der Waals surface area contributed by atoms with E-state index in [0.717, 1.165) is 11.3 Å². The molecule has 0 unspecified atom stereocenters. The molecule has 0 spiro atoms. The summed E-state index contributed by atoms with van der Waals surface area (Å²) in [7, 11) is 3.84. The Labute approximate surface area is 109 Å². The Bertz CT molecular complexity index is 787. The highest BCUT2D eigenvalue weighted by Gasteiger charge is 2.10. The van der Waals surface area contributed by atoms with Crippen molar-refractivity contribution in [2.45, 2.75) is 0 Å². The molecule has 0 amide bonds. The summed E-state index contributed by atoms with van der Waals surface area (Å²) in [5.41, 5.74) is 1.84. The van der Waals surface area contributed by atoms with Crippen LogP contribution in [-0.4, -0.2) is 34.0 Å². The van der Waals surface area contributed by atoms with Gasteiger partial charge >= 0.3 is 0 Å². The highest BCUT2D eigenvalue weighted by atomic mass is 16.1. The number of hydrogen-bond acceptors (Lipinski definition) is 4. The van der Waals surface area contributed by atoms with Crippen molar-refractivity contribution in [1.29, 1.82) is 0 Å². The smallest absolute Gasteiger partial charge is 0.192 e. The number of rotatable bonds is 2.